The standard InChI is InChI=1S/C17H20N4O3S/c1-14-2-8-17(9-3-14)25(22,23)19-16-6-4-15(5-7-16)18-20-21-10-12-24-13-11-21/h2-9,19H,10-13H2,1H3. The van der Waals surface area contributed by atoms with Crippen molar-refractivity contribution in [1.82, 2.24) is 5.01 Å². The third kappa shape index (κ3) is 4.77. The summed E-state index contributed by atoms with van der Waals surface area (Å²) in [6.45, 7) is 4.65. The average Bonchev–Trinajstić information content (AvgIpc) is 2.62. The Labute approximate surface area is 147 Å². The molecule has 1 N–H and O–H groups in total. The van der Waals surface area contributed by atoms with Crippen LogP contribution in [0.15, 0.2) is 63.8 Å². The van der Waals surface area contributed by atoms with Gasteiger partial charge in [0.05, 0.1) is 36.9 Å². The van der Waals surface area contributed by atoms with Gasteiger partial charge in [0, 0.05) is 5.69 Å². The van der Waals surface area contributed by atoms with Gasteiger partial charge >= 0.3 is 0 Å². The van der Waals surface area contributed by atoms with E-state index in [-0.39, 0.29) is 4.90 Å². The van der Waals surface area contributed by atoms with E-state index in [0.717, 1.165) is 18.7 Å². The molecule has 132 valence electrons. The fourth-order valence-electron chi connectivity index (χ4n) is 2.29. The summed E-state index contributed by atoms with van der Waals surface area (Å²) in [6, 6.07) is 13.5. The van der Waals surface area contributed by atoms with Crippen molar-refractivity contribution in [2.45, 2.75) is 11.8 Å². The molecule has 0 aliphatic carbocycles. The summed E-state index contributed by atoms with van der Waals surface area (Å²) in [7, 11) is -3.60. The van der Waals surface area contributed by atoms with Crippen LogP contribution in [0, 0.1) is 6.92 Å². The summed E-state index contributed by atoms with van der Waals surface area (Å²) >= 11 is 0. The summed E-state index contributed by atoms with van der Waals surface area (Å²) in [5, 5.41) is 10.2. The van der Waals surface area contributed by atoms with Crippen LogP contribution in [-0.4, -0.2) is 39.7 Å². The molecule has 8 heteroatoms. The molecule has 3 rings (SSSR count). The monoisotopic (exact) mass is 360 g/mol. The summed E-state index contributed by atoms with van der Waals surface area (Å²) in [6.07, 6.45) is 0. The van der Waals surface area contributed by atoms with Crippen molar-refractivity contribution in [3.63, 3.8) is 0 Å². The van der Waals surface area contributed by atoms with E-state index >= 15 is 0 Å². The molecule has 0 radical (unpaired) electrons. The zero-order valence-electron chi connectivity index (χ0n) is 13.9. The predicted molar refractivity (Wildman–Crippen MR) is 95.3 cm³/mol. The third-order valence-corrected chi connectivity index (χ3v) is 5.12. The highest BCUT2D eigenvalue weighted by atomic mass is 32.2. The zero-order chi connectivity index (χ0) is 17.7. The molecule has 0 spiro atoms. The highest BCUT2D eigenvalue weighted by Crippen LogP contribution is 2.20. The highest BCUT2D eigenvalue weighted by Gasteiger charge is 2.13. The van der Waals surface area contributed by atoms with E-state index in [4.69, 9.17) is 4.74 Å². The summed E-state index contributed by atoms with van der Waals surface area (Å²) < 4.78 is 32.5. The van der Waals surface area contributed by atoms with Gasteiger partial charge in [0.1, 0.15) is 0 Å². The molecule has 0 amide bonds. The maximum absolute atomic E-state index is 12.4. The molecule has 1 saturated heterocycles. The number of rotatable bonds is 5. The lowest BCUT2D eigenvalue weighted by atomic mass is 10.2. The summed E-state index contributed by atoms with van der Waals surface area (Å²) in [5.74, 6) is 0. The number of aryl methyl sites for hydroxylation is 1. The van der Waals surface area contributed by atoms with Gasteiger partial charge < -0.3 is 4.74 Å². The Balaban J connectivity index is 1.65. The molecular formula is C17H20N4O3S. The first-order valence-corrected chi connectivity index (χ1v) is 9.45. The van der Waals surface area contributed by atoms with Crippen LogP contribution in [-0.2, 0) is 14.8 Å². The van der Waals surface area contributed by atoms with Gasteiger partial charge in [-0.2, -0.15) is 0 Å². The van der Waals surface area contributed by atoms with Crippen molar-refractivity contribution < 1.29 is 13.2 Å². The highest BCUT2D eigenvalue weighted by molar-refractivity contribution is 7.92. The molecule has 0 unspecified atom stereocenters. The van der Waals surface area contributed by atoms with Crippen molar-refractivity contribution in [2.75, 3.05) is 31.0 Å². The Hall–Kier alpha value is -2.45. The van der Waals surface area contributed by atoms with Gasteiger partial charge in [-0.05, 0) is 43.3 Å². The van der Waals surface area contributed by atoms with Crippen LogP contribution >= 0.6 is 0 Å². The van der Waals surface area contributed by atoms with Gasteiger partial charge in [-0.25, -0.2) is 8.42 Å². The fourth-order valence-corrected chi connectivity index (χ4v) is 3.34. The van der Waals surface area contributed by atoms with Crippen LogP contribution in [0.25, 0.3) is 0 Å². The molecule has 1 fully saturated rings. The van der Waals surface area contributed by atoms with Crippen molar-refractivity contribution in [3.8, 4) is 0 Å². The number of sulfonamides is 1. The number of hydrogen-bond donors (Lipinski definition) is 1. The number of benzene rings is 2. The molecule has 2 aromatic rings. The van der Waals surface area contributed by atoms with E-state index in [0.29, 0.717) is 24.6 Å². The Morgan fingerprint density at radius 1 is 1.00 bits per heavy atom. The van der Waals surface area contributed by atoms with Gasteiger partial charge in [0.25, 0.3) is 10.0 Å². The summed E-state index contributed by atoms with van der Waals surface area (Å²) in [4.78, 5) is 0.231. The number of ether oxygens (including phenoxy) is 1. The molecule has 0 atom stereocenters. The molecule has 2 aromatic carbocycles. The van der Waals surface area contributed by atoms with Crippen molar-refractivity contribution in [2.24, 2.45) is 10.3 Å². The van der Waals surface area contributed by atoms with Crippen LogP contribution in [0.4, 0.5) is 11.4 Å². The van der Waals surface area contributed by atoms with E-state index < -0.39 is 10.0 Å². The second-order valence-corrected chi connectivity index (χ2v) is 7.40. The second-order valence-electron chi connectivity index (χ2n) is 5.72. The van der Waals surface area contributed by atoms with Crippen LogP contribution < -0.4 is 4.72 Å². The Morgan fingerprint density at radius 3 is 2.28 bits per heavy atom. The third-order valence-electron chi connectivity index (χ3n) is 3.72. The minimum Gasteiger partial charge on any atom is -0.378 e. The smallest absolute Gasteiger partial charge is 0.261 e. The van der Waals surface area contributed by atoms with E-state index in [2.05, 4.69) is 15.1 Å². The van der Waals surface area contributed by atoms with Gasteiger partial charge in [-0.3, -0.25) is 9.73 Å². The minimum absolute atomic E-state index is 0.231. The lowest BCUT2D eigenvalue weighted by molar-refractivity contribution is 0.0354. The molecule has 0 saturated carbocycles. The van der Waals surface area contributed by atoms with Crippen LogP contribution in [0.1, 0.15) is 5.56 Å². The van der Waals surface area contributed by atoms with Gasteiger partial charge in [0.2, 0.25) is 0 Å². The molecule has 1 aliphatic heterocycles. The quantitative estimate of drug-likeness (QED) is 0.831. The van der Waals surface area contributed by atoms with Crippen molar-refractivity contribution in [1.29, 1.82) is 0 Å². The molecule has 0 aromatic heterocycles. The van der Waals surface area contributed by atoms with Crippen LogP contribution in [0.3, 0.4) is 0 Å². The van der Waals surface area contributed by atoms with Crippen molar-refractivity contribution >= 4 is 21.4 Å². The lowest BCUT2D eigenvalue weighted by Crippen LogP contribution is -2.31. The van der Waals surface area contributed by atoms with Crippen molar-refractivity contribution in [3.05, 3.63) is 54.1 Å². The van der Waals surface area contributed by atoms with Gasteiger partial charge in [0.15, 0.2) is 0 Å². The Kier molecular flexibility index (Phi) is 5.30. The number of nitrogens with one attached hydrogen (secondary N) is 1. The maximum atomic E-state index is 12.4. The predicted octanol–water partition coefficient (Wildman–Crippen LogP) is 3.13. The lowest BCUT2D eigenvalue weighted by Gasteiger charge is -2.22. The Bertz CT molecular complexity index is 827. The maximum Gasteiger partial charge on any atom is 0.261 e. The molecular weight excluding hydrogens is 340 g/mol. The number of hydrogen-bond acceptors (Lipinski definition) is 5. The molecule has 25 heavy (non-hydrogen) atoms. The topological polar surface area (TPSA) is 83.4 Å². The van der Waals surface area contributed by atoms with Crippen LogP contribution in [0.2, 0.25) is 0 Å². The number of nitrogens with zero attached hydrogens (tertiary/aromatic N) is 3. The second kappa shape index (κ2) is 7.62. The largest absolute Gasteiger partial charge is 0.378 e. The first-order valence-electron chi connectivity index (χ1n) is 7.97. The SMILES string of the molecule is Cc1ccc(S(=O)(=O)Nc2ccc(N=NN3CCOCC3)cc2)cc1. The van der Waals surface area contributed by atoms with E-state index in [1.54, 1.807) is 48.5 Å². The zero-order valence-corrected chi connectivity index (χ0v) is 14.7. The molecule has 1 heterocycles. The normalized spacial score (nSPS) is 15.5. The van der Waals surface area contributed by atoms with E-state index in [1.165, 1.54) is 0 Å². The van der Waals surface area contributed by atoms with E-state index in [9.17, 15) is 8.42 Å². The first kappa shape index (κ1) is 17.4. The first-order chi connectivity index (χ1) is 12.0. The Morgan fingerprint density at radius 2 is 1.64 bits per heavy atom. The molecule has 1 aliphatic rings. The van der Waals surface area contributed by atoms with Gasteiger partial charge in [-0.1, -0.05) is 22.9 Å². The number of anilines is 1. The fraction of sp³-hybridized carbons (Fsp3) is 0.294. The van der Waals surface area contributed by atoms with E-state index in [1.807, 2.05) is 11.9 Å². The van der Waals surface area contributed by atoms with Crippen LogP contribution in [0.5, 0.6) is 0 Å². The van der Waals surface area contributed by atoms with Gasteiger partial charge in [-0.15, -0.1) is 5.11 Å². The number of morpholine rings is 1. The summed E-state index contributed by atoms with van der Waals surface area (Å²) in [5.41, 5.74) is 2.14. The molecule has 7 nitrogen and oxygen atoms in total. The average molecular weight is 360 g/mol. The molecule has 0 bridgehead atoms. The minimum atomic E-state index is -3.60.